The van der Waals surface area contributed by atoms with Crippen LogP contribution >= 0.6 is 0 Å². The third-order valence-electron chi connectivity index (χ3n) is 1.53. The minimum atomic E-state index is -0.142. The van der Waals surface area contributed by atoms with Gasteiger partial charge < -0.3 is 5.32 Å². The Labute approximate surface area is 63.2 Å². The van der Waals surface area contributed by atoms with Gasteiger partial charge in [0, 0.05) is 0 Å². The largest absolute Gasteiger partial charge is 0.320 e. The Morgan fingerprint density at radius 3 is 2.50 bits per heavy atom. The number of hydrogen-bond acceptors (Lipinski definition) is 2. The van der Waals surface area contributed by atoms with Gasteiger partial charge in [0.2, 0.25) is 0 Å². The molecule has 0 aromatic heterocycles. The first-order chi connectivity index (χ1) is 4.62. The molecule has 0 fully saturated rings. The van der Waals surface area contributed by atoms with Gasteiger partial charge in [-0.15, -0.1) is 0 Å². The van der Waals surface area contributed by atoms with Crippen LogP contribution in [0.2, 0.25) is 0 Å². The van der Waals surface area contributed by atoms with E-state index in [0.29, 0.717) is 0 Å². The SMILES string of the molecule is CNCCCC(C)(C)C#N. The van der Waals surface area contributed by atoms with Crippen molar-refractivity contribution in [1.29, 1.82) is 5.26 Å². The van der Waals surface area contributed by atoms with Crippen molar-refractivity contribution in [2.75, 3.05) is 13.6 Å². The van der Waals surface area contributed by atoms with Gasteiger partial charge in [-0.25, -0.2) is 0 Å². The minimum Gasteiger partial charge on any atom is -0.320 e. The molecule has 0 aliphatic carbocycles. The fourth-order valence-corrected chi connectivity index (χ4v) is 0.763. The van der Waals surface area contributed by atoms with Crippen LogP contribution in [0.4, 0.5) is 0 Å². The van der Waals surface area contributed by atoms with Crippen molar-refractivity contribution < 1.29 is 0 Å². The molecule has 0 amide bonds. The Morgan fingerprint density at radius 2 is 2.10 bits per heavy atom. The standard InChI is InChI=1S/C8H16N2/c1-8(2,7-9)5-4-6-10-3/h10H,4-6H2,1-3H3. The van der Waals surface area contributed by atoms with Gasteiger partial charge in [0.25, 0.3) is 0 Å². The van der Waals surface area contributed by atoms with Crippen molar-refractivity contribution >= 4 is 0 Å². The monoisotopic (exact) mass is 140 g/mol. The Kier molecular flexibility index (Phi) is 4.06. The van der Waals surface area contributed by atoms with Crippen LogP contribution in [0.1, 0.15) is 26.7 Å². The van der Waals surface area contributed by atoms with Crippen LogP contribution in [0.15, 0.2) is 0 Å². The summed E-state index contributed by atoms with van der Waals surface area (Å²) in [7, 11) is 1.93. The molecule has 2 nitrogen and oxygen atoms in total. The Balaban J connectivity index is 3.40. The van der Waals surface area contributed by atoms with E-state index in [4.69, 9.17) is 5.26 Å². The van der Waals surface area contributed by atoms with Crippen molar-refractivity contribution in [3.8, 4) is 6.07 Å². The maximum atomic E-state index is 8.62. The predicted octanol–water partition coefficient (Wildman–Crippen LogP) is 1.54. The zero-order valence-corrected chi connectivity index (χ0v) is 7.07. The summed E-state index contributed by atoms with van der Waals surface area (Å²) in [6, 6.07) is 2.27. The van der Waals surface area contributed by atoms with E-state index in [1.807, 2.05) is 20.9 Å². The molecule has 0 spiro atoms. The molecular weight excluding hydrogens is 124 g/mol. The lowest BCUT2D eigenvalue weighted by Crippen LogP contribution is -2.13. The fourth-order valence-electron chi connectivity index (χ4n) is 0.763. The molecule has 0 aliphatic rings. The number of nitrogens with zero attached hydrogens (tertiary/aromatic N) is 1. The van der Waals surface area contributed by atoms with Crippen molar-refractivity contribution in [3.05, 3.63) is 0 Å². The van der Waals surface area contributed by atoms with E-state index >= 15 is 0 Å². The Hall–Kier alpha value is -0.550. The second kappa shape index (κ2) is 4.29. The molecule has 0 radical (unpaired) electrons. The van der Waals surface area contributed by atoms with Crippen molar-refractivity contribution in [2.45, 2.75) is 26.7 Å². The van der Waals surface area contributed by atoms with E-state index < -0.39 is 0 Å². The summed E-state index contributed by atoms with van der Waals surface area (Å²) in [5.74, 6) is 0. The lowest BCUT2D eigenvalue weighted by Gasteiger charge is -2.13. The summed E-state index contributed by atoms with van der Waals surface area (Å²) < 4.78 is 0. The highest BCUT2D eigenvalue weighted by Gasteiger charge is 2.14. The second-order valence-electron chi connectivity index (χ2n) is 3.20. The highest BCUT2D eigenvalue weighted by molar-refractivity contribution is 4.91. The molecule has 0 saturated carbocycles. The topological polar surface area (TPSA) is 35.8 Å². The van der Waals surface area contributed by atoms with Gasteiger partial charge in [-0.2, -0.15) is 5.26 Å². The van der Waals surface area contributed by atoms with Crippen molar-refractivity contribution in [3.63, 3.8) is 0 Å². The van der Waals surface area contributed by atoms with E-state index in [-0.39, 0.29) is 5.41 Å². The van der Waals surface area contributed by atoms with Crippen molar-refractivity contribution in [1.82, 2.24) is 5.32 Å². The lowest BCUT2D eigenvalue weighted by molar-refractivity contribution is 0.431. The smallest absolute Gasteiger partial charge is 0.0683 e. The molecule has 0 unspecified atom stereocenters. The minimum absolute atomic E-state index is 0.142. The van der Waals surface area contributed by atoms with Gasteiger partial charge in [-0.05, 0) is 40.3 Å². The molecular formula is C8H16N2. The molecule has 0 atom stereocenters. The molecule has 0 aromatic carbocycles. The van der Waals surface area contributed by atoms with Crippen LogP contribution in [0.5, 0.6) is 0 Å². The van der Waals surface area contributed by atoms with Gasteiger partial charge in [-0.3, -0.25) is 0 Å². The summed E-state index contributed by atoms with van der Waals surface area (Å²) in [5, 5.41) is 11.7. The molecule has 10 heavy (non-hydrogen) atoms. The maximum absolute atomic E-state index is 8.62. The normalized spacial score (nSPS) is 11.0. The molecule has 0 saturated heterocycles. The fraction of sp³-hybridized carbons (Fsp3) is 0.875. The third-order valence-corrected chi connectivity index (χ3v) is 1.53. The summed E-state index contributed by atoms with van der Waals surface area (Å²) >= 11 is 0. The Morgan fingerprint density at radius 1 is 1.50 bits per heavy atom. The molecule has 58 valence electrons. The van der Waals surface area contributed by atoms with Crippen LogP contribution < -0.4 is 5.32 Å². The average Bonchev–Trinajstić information content (AvgIpc) is 1.89. The second-order valence-corrected chi connectivity index (χ2v) is 3.20. The Bertz CT molecular complexity index is 122. The average molecular weight is 140 g/mol. The van der Waals surface area contributed by atoms with E-state index in [0.717, 1.165) is 19.4 Å². The first-order valence-electron chi connectivity index (χ1n) is 3.68. The highest BCUT2D eigenvalue weighted by Crippen LogP contribution is 2.19. The van der Waals surface area contributed by atoms with Gasteiger partial charge >= 0.3 is 0 Å². The summed E-state index contributed by atoms with van der Waals surface area (Å²) in [6.07, 6.45) is 2.06. The zero-order chi connectivity index (χ0) is 8.04. The molecule has 0 rings (SSSR count). The number of rotatable bonds is 4. The highest BCUT2D eigenvalue weighted by atomic mass is 14.8. The van der Waals surface area contributed by atoms with Gasteiger partial charge in [0.15, 0.2) is 0 Å². The van der Waals surface area contributed by atoms with E-state index in [2.05, 4.69) is 11.4 Å². The molecule has 0 aliphatic heterocycles. The maximum Gasteiger partial charge on any atom is 0.0683 e. The van der Waals surface area contributed by atoms with E-state index in [9.17, 15) is 0 Å². The first kappa shape index (κ1) is 9.45. The van der Waals surface area contributed by atoms with Crippen molar-refractivity contribution in [2.24, 2.45) is 5.41 Å². The zero-order valence-electron chi connectivity index (χ0n) is 7.07. The molecule has 2 heteroatoms. The number of hydrogen-bond donors (Lipinski definition) is 1. The van der Waals surface area contributed by atoms with Gasteiger partial charge in [0.05, 0.1) is 11.5 Å². The number of nitrogens with one attached hydrogen (secondary N) is 1. The molecule has 0 bridgehead atoms. The summed E-state index contributed by atoms with van der Waals surface area (Å²) in [5.41, 5.74) is -0.142. The summed E-state index contributed by atoms with van der Waals surface area (Å²) in [4.78, 5) is 0. The van der Waals surface area contributed by atoms with Crippen LogP contribution in [0.25, 0.3) is 0 Å². The molecule has 1 N–H and O–H groups in total. The molecule has 0 aromatic rings. The van der Waals surface area contributed by atoms with E-state index in [1.54, 1.807) is 0 Å². The quantitative estimate of drug-likeness (QED) is 0.601. The van der Waals surface area contributed by atoms with Crippen LogP contribution in [-0.2, 0) is 0 Å². The summed E-state index contributed by atoms with van der Waals surface area (Å²) in [6.45, 7) is 4.95. The van der Waals surface area contributed by atoms with Crippen LogP contribution in [-0.4, -0.2) is 13.6 Å². The third kappa shape index (κ3) is 4.34. The van der Waals surface area contributed by atoms with Crippen LogP contribution in [0, 0.1) is 16.7 Å². The molecule has 0 heterocycles. The lowest BCUT2D eigenvalue weighted by atomic mass is 9.90. The van der Waals surface area contributed by atoms with Crippen LogP contribution in [0.3, 0.4) is 0 Å². The van der Waals surface area contributed by atoms with E-state index in [1.165, 1.54) is 0 Å². The first-order valence-corrected chi connectivity index (χ1v) is 3.68. The van der Waals surface area contributed by atoms with Gasteiger partial charge in [0.1, 0.15) is 0 Å². The number of nitriles is 1. The van der Waals surface area contributed by atoms with Gasteiger partial charge in [-0.1, -0.05) is 0 Å². The predicted molar refractivity (Wildman–Crippen MR) is 42.6 cm³/mol.